The predicted molar refractivity (Wildman–Crippen MR) is 54.0 cm³/mol. The van der Waals surface area contributed by atoms with Crippen LogP contribution in [0.4, 0.5) is 10.7 Å². The highest BCUT2D eigenvalue weighted by Crippen LogP contribution is 2.15. The van der Waals surface area contributed by atoms with Crippen LogP contribution in [0, 0.1) is 0 Å². The zero-order valence-electron chi connectivity index (χ0n) is 7.77. The molecule has 0 radical (unpaired) electrons. The summed E-state index contributed by atoms with van der Waals surface area (Å²) in [6.45, 7) is 0. The quantitative estimate of drug-likeness (QED) is 0.801. The predicted octanol–water partition coefficient (Wildman–Crippen LogP) is 1.56. The van der Waals surface area contributed by atoms with Crippen LogP contribution in [0.3, 0.4) is 0 Å². The molecule has 0 unspecified atom stereocenters. The zero-order valence-corrected chi connectivity index (χ0v) is 8.52. The van der Waals surface area contributed by atoms with Crippen molar-refractivity contribution < 1.29 is 9.53 Å². The fourth-order valence-electron chi connectivity index (χ4n) is 1.09. The van der Waals surface area contributed by atoms with E-state index in [1.165, 1.54) is 11.6 Å². The van der Waals surface area contributed by atoms with Gasteiger partial charge in [0.25, 0.3) is 5.95 Å². The maximum atomic E-state index is 10.9. The Balaban J connectivity index is 2.40. The zero-order chi connectivity index (χ0) is 10.8. The molecule has 0 aromatic carbocycles. The van der Waals surface area contributed by atoms with Gasteiger partial charge in [0.2, 0.25) is 0 Å². The Kier molecular flexibility index (Phi) is 2.42. The third-order valence-electron chi connectivity index (χ3n) is 1.75. The van der Waals surface area contributed by atoms with Gasteiger partial charge in [0.1, 0.15) is 5.52 Å². The lowest BCUT2D eigenvalue weighted by atomic mass is 10.5. The maximum absolute atomic E-state index is 10.9. The lowest BCUT2D eigenvalue weighted by Crippen LogP contribution is -2.14. The van der Waals surface area contributed by atoms with E-state index < -0.39 is 6.09 Å². The van der Waals surface area contributed by atoms with Crippen molar-refractivity contribution in [2.45, 2.75) is 0 Å². The monoisotopic (exact) mass is 226 g/mol. The molecule has 0 fully saturated rings. The van der Waals surface area contributed by atoms with Gasteiger partial charge >= 0.3 is 6.09 Å². The Morgan fingerprint density at radius 1 is 1.67 bits per heavy atom. The van der Waals surface area contributed by atoms with E-state index in [9.17, 15) is 4.79 Å². The van der Waals surface area contributed by atoms with E-state index in [0.29, 0.717) is 5.52 Å². The van der Waals surface area contributed by atoms with Crippen molar-refractivity contribution in [2.24, 2.45) is 0 Å². The molecule has 0 aliphatic heterocycles. The molecule has 7 heteroatoms. The molecule has 0 saturated carbocycles. The first-order valence-corrected chi connectivity index (χ1v) is 4.44. The molecular formula is C8H7ClN4O2. The van der Waals surface area contributed by atoms with Crippen LogP contribution >= 0.6 is 11.6 Å². The average molecular weight is 227 g/mol. The van der Waals surface area contributed by atoms with E-state index in [1.54, 1.807) is 18.3 Å². The standard InChI is InChI=1S/C8H7ClN4O2/c1-15-8(14)11-7-10-6(9)5-3-2-4-13(5)12-7/h2-4H,1H3,(H,11,12,14). The summed E-state index contributed by atoms with van der Waals surface area (Å²) in [5, 5.41) is 6.58. The third-order valence-corrected chi connectivity index (χ3v) is 2.02. The molecule has 15 heavy (non-hydrogen) atoms. The Morgan fingerprint density at radius 3 is 3.20 bits per heavy atom. The summed E-state index contributed by atoms with van der Waals surface area (Å²) >= 11 is 5.87. The van der Waals surface area contributed by atoms with Crippen molar-refractivity contribution in [2.75, 3.05) is 12.4 Å². The number of carbonyl (C=O) groups is 1. The number of anilines is 1. The van der Waals surface area contributed by atoms with Gasteiger partial charge in [0.15, 0.2) is 5.15 Å². The van der Waals surface area contributed by atoms with Crippen LogP contribution in [0.5, 0.6) is 0 Å². The Labute approximate surface area is 89.8 Å². The van der Waals surface area contributed by atoms with Crippen molar-refractivity contribution in [3.8, 4) is 0 Å². The molecule has 0 bridgehead atoms. The van der Waals surface area contributed by atoms with Crippen molar-refractivity contribution >= 4 is 29.2 Å². The first kappa shape index (κ1) is 9.72. The van der Waals surface area contributed by atoms with Crippen LogP contribution in [-0.2, 0) is 4.74 Å². The molecule has 1 amide bonds. The van der Waals surface area contributed by atoms with E-state index in [4.69, 9.17) is 11.6 Å². The number of nitrogens with zero attached hydrogens (tertiary/aromatic N) is 3. The van der Waals surface area contributed by atoms with Crippen LogP contribution < -0.4 is 5.32 Å². The molecule has 0 saturated heterocycles. The molecule has 1 N–H and O–H groups in total. The van der Waals surface area contributed by atoms with E-state index in [0.717, 1.165) is 0 Å². The van der Waals surface area contributed by atoms with Gasteiger partial charge in [-0.05, 0) is 12.1 Å². The summed E-state index contributed by atoms with van der Waals surface area (Å²) < 4.78 is 5.92. The summed E-state index contributed by atoms with van der Waals surface area (Å²) in [4.78, 5) is 14.8. The number of methoxy groups -OCH3 is 1. The van der Waals surface area contributed by atoms with Crippen LogP contribution in [0.25, 0.3) is 5.52 Å². The number of hydrogen-bond donors (Lipinski definition) is 1. The van der Waals surface area contributed by atoms with Gasteiger partial charge in [-0.25, -0.2) is 9.31 Å². The minimum absolute atomic E-state index is 0.0931. The van der Waals surface area contributed by atoms with E-state index in [1.807, 2.05) is 0 Å². The lowest BCUT2D eigenvalue weighted by Gasteiger charge is -2.03. The van der Waals surface area contributed by atoms with E-state index in [2.05, 4.69) is 20.1 Å². The number of aromatic nitrogens is 3. The Morgan fingerprint density at radius 2 is 2.47 bits per heavy atom. The Bertz CT molecular complexity index is 510. The lowest BCUT2D eigenvalue weighted by molar-refractivity contribution is 0.186. The first-order valence-electron chi connectivity index (χ1n) is 4.06. The van der Waals surface area contributed by atoms with Crippen LogP contribution in [0.15, 0.2) is 18.3 Å². The molecule has 2 aromatic heterocycles. The first-order chi connectivity index (χ1) is 7.20. The number of amides is 1. The van der Waals surface area contributed by atoms with Gasteiger partial charge in [0, 0.05) is 6.20 Å². The summed E-state index contributed by atoms with van der Waals surface area (Å²) in [6, 6.07) is 3.54. The molecule has 2 aromatic rings. The highest BCUT2D eigenvalue weighted by Gasteiger charge is 2.08. The SMILES string of the molecule is COC(=O)Nc1nc(Cl)c2cccn2n1. The summed E-state index contributed by atoms with van der Waals surface area (Å²) in [6.07, 6.45) is 1.06. The number of halogens is 1. The van der Waals surface area contributed by atoms with Gasteiger partial charge in [-0.15, -0.1) is 5.10 Å². The molecule has 78 valence electrons. The number of rotatable bonds is 1. The minimum atomic E-state index is -0.641. The number of nitrogens with one attached hydrogen (secondary N) is 1. The van der Waals surface area contributed by atoms with Gasteiger partial charge < -0.3 is 4.74 Å². The van der Waals surface area contributed by atoms with Crippen LogP contribution in [-0.4, -0.2) is 27.8 Å². The normalized spacial score (nSPS) is 10.3. The van der Waals surface area contributed by atoms with Crippen molar-refractivity contribution in [3.63, 3.8) is 0 Å². The molecule has 2 rings (SSSR count). The van der Waals surface area contributed by atoms with Crippen LogP contribution in [0.2, 0.25) is 5.15 Å². The largest absolute Gasteiger partial charge is 0.453 e. The number of fused-ring (bicyclic) bond motifs is 1. The van der Waals surface area contributed by atoms with Gasteiger partial charge in [0.05, 0.1) is 7.11 Å². The highest BCUT2D eigenvalue weighted by atomic mass is 35.5. The topological polar surface area (TPSA) is 68.5 Å². The molecule has 0 atom stereocenters. The second-order valence-corrected chi connectivity index (χ2v) is 3.04. The molecule has 0 aliphatic rings. The molecule has 2 heterocycles. The molecular weight excluding hydrogens is 220 g/mol. The highest BCUT2D eigenvalue weighted by molar-refractivity contribution is 6.32. The third kappa shape index (κ3) is 1.84. The second-order valence-electron chi connectivity index (χ2n) is 2.68. The average Bonchev–Trinajstić information content (AvgIpc) is 2.66. The van der Waals surface area contributed by atoms with E-state index in [-0.39, 0.29) is 11.1 Å². The maximum Gasteiger partial charge on any atom is 0.413 e. The Hall–Kier alpha value is -1.82. The number of carbonyl (C=O) groups excluding carboxylic acids is 1. The molecule has 6 nitrogen and oxygen atoms in total. The summed E-state index contributed by atoms with van der Waals surface area (Å²) in [7, 11) is 1.26. The summed E-state index contributed by atoms with van der Waals surface area (Å²) in [5.74, 6) is 0.0931. The smallest absolute Gasteiger partial charge is 0.413 e. The van der Waals surface area contributed by atoms with Gasteiger partial charge in [-0.3, -0.25) is 5.32 Å². The fourth-order valence-corrected chi connectivity index (χ4v) is 1.32. The van der Waals surface area contributed by atoms with E-state index >= 15 is 0 Å². The molecule has 0 aliphatic carbocycles. The summed E-state index contributed by atoms with van der Waals surface area (Å²) in [5.41, 5.74) is 0.673. The molecule has 0 spiro atoms. The van der Waals surface area contributed by atoms with Crippen LogP contribution in [0.1, 0.15) is 0 Å². The van der Waals surface area contributed by atoms with Gasteiger partial charge in [-0.2, -0.15) is 4.98 Å². The number of hydrogen-bond acceptors (Lipinski definition) is 4. The van der Waals surface area contributed by atoms with Crippen molar-refractivity contribution in [1.29, 1.82) is 0 Å². The van der Waals surface area contributed by atoms with Crippen molar-refractivity contribution in [3.05, 3.63) is 23.5 Å². The number of ether oxygens (including phenoxy) is 1. The minimum Gasteiger partial charge on any atom is -0.453 e. The van der Waals surface area contributed by atoms with Gasteiger partial charge in [-0.1, -0.05) is 11.6 Å². The fraction of sp³-hybridized carbons (Fsp3) is 0.125. The second kappa shape index (κ2) is 3.74. The van der Waals surface area contributed by atoms with Crippen molar-refractivity contribution in [1.82, 2.24) is 14.6 Å².